The van der Waals surface area contributed by atoms with E-state index in [9.17, 15) is 0 Å². The van der Waals surface area contributed by atoms with Gasteiger partial charge in [0.2, 0.25) is 0 Å². The van der Waals surface area contributed by atoms with Crippen LogP contribution >= 0.6 is 8.38 Å². The summed E-state index contributed by atoms with van der Waals surface area (Å²) >= 11 is 0. The maximum atomic E-state index is 8.05. The number of methoxy groups -OCH3 is 1. The van der Waals surface area contributed by atoms with Crippen molar-refractivity contribution in [3.05, 3.63) is 0 Å². The minimum absolute atomic E-state index is 0.0509. The second-order valence-electron chi connectivity index (χ2n) is 0.790. The minimum atomic E-state index is -1.82. The summed E-state index contributed by atoms with van der Waals surface area (Å²) in [5.74, 6) is 0. The molecule has 0 aromatic rings. The fourth-order valence-corrected chi connectivity index (χ4v) is 0.346. The SMILES string of the molecule is COCP(O)O. The van der Waals surface area contributed by atoms with Crippen molar-refractivity contribution in [3.63, 3.8) is 0 Å². The molecule has 0 aliphatic heterocycles. The van der Waals surface area contributed by atoms with Gasteiger partial charge in [0.15, 0.2) is 8.38 Å². The van der Waals surface area contributed by atoms with Gasteiger partial charge in [-0.3, -0.25) is 0 Å². The third-order valence-corrected chi connectivity index (χ3v) is 0.734. The summed E-state index contributed by atoms with van der Waals surface area (Å²) in [6, 6.07) is 0. The van der Waals surface area contributed by atoms with Gasteiger partial charge in [0.25, 0.3) is 0 Å². The topological polar surface area (TPSA) is 49.7 Å². The maximum absolute atomic E-state index is 8.05. The summed E-state index contributed by atoms with van der Waals surface area (Å²) in [7, 11) is -0.404. The molecule has 2 N–H and O–H groups in total. The predicted octanol–water partition coefficient (Wildman–Crippen LogP) is -0.113. The molecule has 4 heteroatoms. The van der Waals surface area contributed by atoms with E-state index in [1.54, 1.807) is 0 Å². The number of ether oxygens (including phenoxy) is 1. The van der Waals surface area contributed by atoms with Crippen LogP contribution in [0.15, 0.2) is 0 Å². The van der Waals surface area contributed by atoms with Crippen LogP contribution in [0.1, 0.15) is 0 Å². The van der Waals surface area contributed by atoms with E-state index in [2.05, 4.69) is 4.74 Å². The van der Waals surface area contributed by atoms with Crippen LogP contribution in [0.3, 0.4) is 0 Å². The summed E-state index contributed by atoms with van der Waals surface area (Å²) in [6.45, 7) is 0. The standard InChI is InChI=1S/C2H7O3P/c1-5-2-6(3)4/h3-4H,2H2,1H3. The molecule has 0 amide bonds. The smallest absolute Gasteiger partial charge is 0.192 e. The van der Waals surface area contributed by atoms with Gasteiger partial charge in [0, 0.05) is 7.11 Å². The van der Waals surface area contributed by atoms with Gasteiger partial charge >= 0.3 is 0 Å². The van der Waals surface area contributed by atoms with Crippen LogP contribution in [-0.4, -0.2) is 23.2 Å². The van der Waals surface area contributed by atoms with Gasteiger partial charge in [-0.15, -0.1) is 0 Å². The zero-order valence-corrected chi connectivity index (χ0v) is 4.35. The van der Waals surface area contributed by atoms with Crippen LogP contribution in [0.4, 0.5) is 0 Å². The molecule has 0 rings (SSSR count). The third-order valence-electron chi connectivity index (χ3n) is 0.245. The van der Waals surface area contributed by atoms with E-state index in [0.29, 0.717) is 0 Å². The molecule has 0 aromatic carbocycles. The highest BCUT2D eigenvalue weighted by molar-refractivity contribution is 7.44. The van der Waals surface area contributed by atoms with E-state index in [1.807, 2.05) is 0 Å². The summed E-state index contributed by atoms with van der Waals surface area (Å²) in [4.78, 5) is 16.1. The number of hydrogen-bond donors (Lipinski definition) is 2. The first-order chi connectivity index (χ1) is 2.77. The van der Waals surface area contributed by atoms with Crippen LogP contribution in [-0.2, 0) is 4.74 Å². The van der Waals surface area contributed by atoms with Crippen molar-refractivity contribution >= 4 is 8.38 Å². The summed E-state index contributed by atoms with van der Waals surface area (Å²) in [6.07, 6.45) is 0.0509. The third kappa shape index (κ3) is 4.31. The van der Waals surface area contributed by atoms with Gasteiger partial charge in [-0.25, -0.2) is 0 Å². The first kappa shape index (κ1) is 6.31. The zero-order valence-electron chi connectivity index (χ0n) is 3.46. The summed E-state index contributed by atoms with van der Waals surface area (Å²) < 4.78 is 4.33. The van der Waals surface area contributed by atoms with Crippen molar-refractivity contribution in [2.45, 2.75) is 0 Å². The van der Waals surface area contributed by atoms with Crippen LogP contribution in [0.25, 0.3) is 0 Å². The molecule has 0 unspecified atom stereocenters. The Bertz CT molecular complexity index is 30.0. The van der Waals surface area contributed by atoms with Crippen molar-refractivity contribution in [1.29, 1.82) is 0 Å². The first-order valence-electron chi connectivity index (χ1n) is 1.41. The molecule has 0 atom stereocenters. The molecule has 0 radical (unpaired) electrons. The molecule has 38 valence electrons. The lowest BCUT2D eigenvalue weighted by Crippen LogP contribution is -1.82. The lowest BCUT2D eigenvalue weighted by atomic mass is 11.5. The molecule has 3 nitrogen and oxygen atoms in total. The van der Waals surface area contributed by atoms with Crippen LogP contribution in [0.2, 0.25) is 0 Å². The Morgan fingerprint density at radius 2 is 2.17 bits per heavy atom. The van der Waals surface area contributed by atoms with E-state index in [-0.39, 0.29) is 6.35 Å². The molecule has 0 spiro atoms. The van der Waals surface area contributed by atoms with Crippen molar-refractivity contribution < 1.29 is 14.5 Å². The Labute approximate surface area is 37.5 Å². The molecule has 6 heavy (non-hydrogen) atoms. The Morgan fingerprint density at radius 1 is 1.67 bits per heavy atom. The lowest BCUT2D eigenvalue weighted by molar-refractivity contribution is 0.236. The lowest BCUT2D eigenvalue weighted by Gasteiger charge is -1.95. The summed E-state index contributed by atoms with van der Waals surface area (Å²) in [5.41, 5.74) is 0. The van der Waals surface area contributed by atoms with Gasteiger partial charge in [0.05, 0.1) is 0 Å². The Kier molecular flexibility index (Phi) is 3.68. The first-order valence-corrected chi connectivity index (χ1v) is 2.85. The highest BCUT2D eigenvalue weighted by Gasteiger charge is 1.91. The van der Waals surface area contributed by atoms with E-state index in [0.717, 1.165) is 0 Å². The monoisotopic (exact) mass is 110 g/mol. The van der Waals surface area contributed by atoms with E-state index in [4.69, 9.17) is 9.79 Å². The van der Waals surface area contributed by atoms with Crippen LogP contribution in [0, 0.1) is 0 Å². The van der Waals surface area contributed by atoms with E-state index < -0.39 is 8.38 Å². The molecule has 0 heterocycles. The minimum Gasteiger partial charge on any atom is -0.375 e. The fourth-order valence-electron chi connectivity index (χ4n) is 0.115. The second-order valence-corrected chi connectivity index (χ2v) is 1.79. The normalized spacial score (nSPS) is 10.0. The van der Waals surface area contributed by atoms with E-state index in [1.165, 1.54) is 7.11 Å². The number of hydrogen-bond acceptors (Lipinski definition) is 3. The average Bonchev–Trinajstić information content (AvgIpc) is 1.35. The zero-order chi connectivity index (χ0) is 4.99. The summed E-state index contributed by atoms with van der Waals surface area (Å²) in [5, 5.41) is 0. The van der Waals surface area contributed by atoms with Crippen molar-refractivity contribution in [3.8, 4) is 0 Å². The Morgan fingerprint density at radius 3 is 2.17 bits per heavy atom. The second kappa shape index (κ2) is 3.50. The van der Waals surface area contributed by atoms with Crippen molar-refractivity contribution in [2.75, 3.05) is 13.5 Å². The van der Waals surface area contributed by atoms with Gasteiger partial charge in [-0.2, -0.15) is 0 Å². The highest BCUT2D eigenvalue weighted by atomic mass is 31.2. The molecular weight excluding hydrogens is 103 g/mol. The van der Waals surface area contributed by atoms with Crippen LogP contribution < -0.4 is 0 Å². The molecule has 0 aliphatic carbocycles. The molecule has 0 saturated carbocycles. The van der Waals surface area contributed by atoms with Gasteiger partial charge in [0.1, 0.15) is 6.35 Å². The van der Waals surface area contributed by atoms with E-state index >= 15 is 0 Å². The van der Waals surface area contributed by atoms with Crippen molar-refractivity contribution in [2.24, 2.45) is 0 Å². The number of rotatable bonds is 2. The predicted molar refractivity (Wildman–Crippen MR) is 23.2 cm³/mol. The molecule has 0 aliphatic rings. The fraction of sp³-hybridized carbons (Fsp3) is 1.00. The molecule has 0 aromatic heterocycles. The Balaban J connectivity index is 2.63. The van der Waals surface area contributed by atoms with Gasteiger partial charge < -0.3 is 14.5 Å². The maximum Gasteiger partial charge on any atom is 0.192 e. The average molecular weight is 110 g/mol. The molecule has 0 bridgehead atoms. The molecule has 0 saturated heterocycles. The highest BCUT2D eigenvalue weighted by Crippen LogP contribution is 2.20. The molecular formula is C2H7O3P. The molecule has 0 fully saturated rings. The van der Waals surface area contributed by atoms with Crippen molar-refractivity contribution in [1.82, 2.24) is 0 Å². The van der Waals surface area contributed by atoms with Crippen LogP contribution in [0.5, 0.6) is 0 Å². The van der Waals surface area contributed by atoms with Gasteiger partial charge in [-0.1, -0.05) is 0 Å². The quantitative estimate of drug-likeness (QED) is 0.487. The Hall–Kier alpha value is 0.310. The van der Waals surface area contributed by atoms with Gasteiger partial charge in [-0.05, 0) is 0 Å². The largest absolute Gasteiger partial charge is 0.375 e.